The van der Waals surface area contributed by atoms with Crippen molar-refractivity contribution in [2.45, 2.75) is 31.7 Å². The van der Waals surface area contributed by atoms with Crippen LogP contribution in [0.1, 0.15) is 24.8 Å². The molecule has 1 amide bonds. The number of benzene rings is 2. The summed E-state index contributed by atoms with van der Waals surface area (Å²) in [5.74, 6) is 3.47. The van der Waals surface area contributed by atoms with Crippen molar-refractivity contribution in [1.82, 2.24) is 5.32 Å². The molecule has 4 rings (SSSR count). The largest absolute Gasteiger partial charge is 0.494 e. The number of carbonyl (C=O) groups is 1. The van der Waals surface area contributed by atoms with Crippen LogP contribution in [-0.4, -0.2) is 44.7 Å². The Balaban J connectivity index is 1.33. The van der Waals surface area contributed by atoms with Crippen LogP contribution in [-0.2, 0) is 11.2 Å². The van der Waals surface area contributed by atoms with Crippen molar-refractivity contribution in [2.75, 3.05) is 42.6 Å². The zero-order valence-electron chi connectivity index (χ0n) is 17.3. The molecule has 1 fully saturated rings. The van der Waals surface area contributed by atoms with Gasteiger partial charge in [0.25, 0.3) is 0 Å². The van der Waals surface area contributed by atoms with Gasteiger partial charge in [-0.2, -0.15) is 0 Å². The average molecular weight is 404 g/mol. The minimum absolute atomic E-state index is 0.0865. The number of fused-ring (bicyclic) bond motifs is 1. The SMILES string of the molecule is C#CCN1C(=O)CCc2ccc(OCCCC3CNCCN3c3ccccc3)cc21. The topological polar surface area (TPSA) is 44.8 Å². The number of carbonyl (C=O) groups excluding carboxylic acids is 1. The summed E-state index contributed by atoms with van der Waals surface area (Å²) in [6.07, 6.45) is 8.77. The lowest BCUT2D eigenvalue weighted by atomic mass is 10.0. The normalized spacial score (nSPS) is 18.6. The summed E-state index contributed by atoms with van der Waals surface area (Å²) in [5.41, 5.74) is 3.34. The molecule has 2 aliphatic rings. The fraction of sp³-hybridized carbons (Fsp3) is 0.400. The Morgan fingerprint density at radius 2 is 2.03 bits per heavy atom. The molecule has 1 unspecified atom stereocenters. The smallest absolute Gasteiger partial charge is 0.228 e. The van der Waals surface area contributed by atoms with E-state index in [4.69, 9.17) is 11.2 Å². The number of rotatable bonds is 7. The summed E-state index contributed by atoms with van der Waals surface area (Å²) in [6.45, 7) is 4.00. The number of anilines is 2. The Labute approximate surface area is 179 Å². The van der Waals surface area contributed by atoms with E-state index in [9.17, 15) is 4.79 Å². The molecule has 1 atom stereocenters. The number of aryl methyl sites for hydroxylation is 1. The zero-order valence-corrected chi connectivity index (χ0v) is 17.3. The molecule has 30 heavy (non-hydrogen) atoms. The van der Waals surface area contributed by atoms with Gasteiger partial charge < -0.3 is 19.9 Å². The number of hydrogen-bond acceptors (Lipinski definition) is 4. The van der Waals surface area contributed by atoms with Gasteiger partial charge in [0.2, 0.25) is 5.91 Å². The molecule has 2 heterocycles. The molecule has 156 valence electrons. The molecule has 0 saturated carbocycles. The Hall–Kier alpha value is -2.97. The van der Waals surface area contributed by atoms with Crippen molar-refractivity contribution in [2.24, 2.45) is 0 Å². The molecule has 0 aromatic heterocycles. The zero-order chi connectivity index (χ0) is 20.8. The molecular weight excluding hydrogens is 374 g/mol. The number of hydrogen-bond donors (Lipinski definition) is 1. The summed E-state index contributed by atoms with van der Waals surface area (Å²) in [4.78, 5) is 16.4. The third-order valence-electron chi connectivity index (χ3n) is 5.89. The van der Waals surface area contributed by atoms with Gasteiger partial charge in [-0.3, -0.25) is 4.79 Å². The number of nitrogens with one attached hydrogen (secondary N) is 1. The highest BCUT2D eigenvalue weighted by Gasteiger charge is 2.24. The van der Waals surface area contributed by atoms with Crippen LogP contribution in [0.15, 0.2) is 48.5 Å². The number of nitrogens with zero attached hydrogens (tertiary/aromatic N) is 2. The van der Waals surface area contributed by atoms with E-state index in [2.05, 4.69) is 52.5 Å². The molecule has 0 radical (unpaired) electrons. The van der Waals surface area contributed by atoms with E-state index in [1.165, 1.54) is 5.69 Å². The number of para-hydroxylation sites is 1. The molecule has 1 saturated heterocycles. The van der Waals surface area contributed by atoms with Gasteiger partial charge in [-0.1, -0.05) is 30.2 Å². The van der Waals surface area contributed by atoms with Crippen LogP contribution < -0.4 is 19.9 Å². The second-order valence-electron chi connectivity index (χ2n) is 7.85. The summed E-state index contributed by atoms with van der Waals surface area (Å²) < 4.78 is 6.04. The Morgan fingerprint density at radius 3 is 2.87 bits per heavy atom. The highest BCUT2D eigenvalue weighted by atomic mass is 16.5. The Kier molecular flexibility index (Phi) is 6.56. The van der Waals surface area contributed by atoms with E-state index in [0.717, 1.165) is 55.9 Å². The van der Waals surface area contributed by atoms with E-state index < -0.39 is 0 Å². The van der Waals surface area contributed by atoms with Gasteiger partial charge in [0.05, 0.1) is 18.8 Å². The van der Waals surface area contributed by atoms with Gasteiger partial charge in [0.1, 0.15) is 5.75 Å². The van der Waals surface area contributed by atoms with Crippen molar-refractivity contribution >= 4 is 17.3 Å². The molecule has 5 heteroatoms. The van der Waals surface area contributed by atoms with Gasteiger partial charge in [-0.25, -0.2) is 0 Å². The van der Waals surface area contributed by atoms with Crippen molar-refractivity contribution in [1.29, 1.82) is 0 Å². The van der Waals surface area contributed by atoms with Crippen LogP contribution in [0, 0.1) is 12.3 Å². The Bertz CT molecular complexity index is 906. The molecular formula is C25H29N3O2. The van der Waals surface area contributed by atoms with Crippen molar-refractivity contribution in [3.8, 4) is 18.1 Å². The van der Waals surface area contributed by atoms with Crippen LogP contribution in [0.4, 0.5) is 11.4 Å². The second-order valence-corrected chi connectivity index (χ2v) is 7.85. The average Bonchev–Trinajstić information content (AvgIpc) is 2.79. The first-order valence-corrected chi connectivity index (χ1v) is 10.8. The second kappa shape index (κ2) is 9.69. The summed E-state index contributed by atoms with van der Waals surface area (Å²) >= 11 is 0. The predicted molar refractivity (Wildman–Crippen MR) is 121 cm³/mol. The summed E-state index contributed by atoms with van der Waals surface area (Å²) in [6, 6.07) is 17.1. The first-order chi connectivity index (χ1) is 14.8. The van der Waals surface area contributed by atoms with Crippen LogP contribution in [0.25, 0.3) is 0 Å². The molecule has 0 spiro atoms. The van der Waals surface area contributed by atoms with Gasteiger partial charge in [-0.05, 0) is 43.0 Å². The maximum Gasteiger partial charge on any atom is 0.228 e. The van der Waals surface area contributed by atoms with Gasteiger partial charge in [-0.15, -0.1) is 6.42 Å². The molecule has 2 aromatic carbocycles. The lowest BCUT2D eigenvalue weighted by molar-refractivity contribution is -0.118. The molecule has 0 aliphatic carbocycles. The maximum absolute atomic E-state index is 12.2. The van der Waals surface area contributed by atoms with Gasteiger partial charge in [0, 0.05) is 43.9 Å². The maximum atomic E-state index is 12.2. The van der Waals surface area contributed by atoms with Crippen molar-refractivity contribution in [3.63, 3.8) is 0 Å². The third-order valence-corrected chi connectivity index (χ3v) is 5.89. The van der Waals surface area contributed by atoms with E-state index >= 15 is 0 Å². The monoisotopic (exact) mass is 403 g/mol. The van der Waals surface area contributed by atoms with Crippen LogP contribution in [0.2, 0.25) is 0 Å². The number of piperazine rings is 1. The molecule has 0 bridgehead atoms. The fourth-order valence-corrected chi connectivity index (χ4v) is 4.36. The van der Waals surface area contributed by atoms with Gasteiger partial charge >= 0.3 is 0 Å². The number of terminal acetylenes is 1. The summed E-state index contributed by atoms with van der Waals surface area (Å²) in [7, 11) is 0. The summed E-state index contributed by atoms with van der Waals surface area (Å²) in [5, 5.41) is 3.51. The lowest BCUT2D eigenvalue weighted by Crippen LogP contribution is -2.51. The Morgan fingerprint density at radius 1 is 1.17 bits per heavy atom. The quantitative estimate of drug-likeness (QED) is 0.570. The molecule has 5 nitrogen and oxygen atoms in total. The minimum atomic E-state index is 0.0865. The fourth-order valence-electron chi connectivity index (χ4n) is 4.36. The van der Waals surface area contributed by atoms with Crippen molar-refractivity contribution in [3.05, 3.63) is 54.1 Å². The van der Waals surface area contributed by atoms with Crippen LogP contribution >= 0.6 is 0 Å². The molecule has 2 aromatic rings. The molecule has 2 aliphatic heterocycles. The first kappa shape index (κ1) is 20.3. The lowest BCUT2D eigenvalue weighted by Gasteiger charge is -2.38. The van der Waals surface area contributed by atoms with Crippen LogP contribution in [0.3, 0.4) is 0 Å². The van der Waals surface area contributed by atoms with Gasteiger partial charge in [0.15, 0.2) is 0 Å². The number of amides is 1. The van der Waals surface area contributed by atoms with E-state index in [1.807, 2.05) is 12.1 Å². The van der Waals surface area contributed by atoms with E-state index in [1.54, 1.807) is 4.90 Å². The highest BCUT2D eigenvalue weighted by Crippen LogP contribution is 2.31. The third kappa shape index (κ3) is 4.60. The highest BCUT2D eigenvalue weighted by molar-refractivity contribution is 5.97. The minimum Gasteiger partial charge on any atom is -0.494 e. The number of ether oxygens (including phenoxy) is 1. The van der Waals surface area contributed by atoms with Crippen molar-refractivity contribution < 1.29 is 9.53 Å². The molecule has 1 N–H and O–H groups in total. The van der Waals surface area contributed by atoms with E-state index in [-0.39, 0.29) is 5.91 Å². The first-order valence-electron chi connectivity index (χ1n) is 10.8. The predicted octanol–water partition coefficient (Wildman–Crippen LogP) is 3.24. The van der Waals surface area contributed by atoms with Crippen LogP contribution in [0.5, 0.6) is 5.75 Å². The standard InChI is InChI=1S/C25H29N3O2/c1-2-15-28-24-18-23(12-10-20(24)11-13-25(28)29)30-17-6-9-22-19-26-14-16-27(22)21-7-4-3-5-8-21/h1,3-5,7-8,10,12,18,22,26H,6,9,11,13-17,19H2. The van der Waals surface area contributed by atoms with E-state index in [0.29, 0.717) is 25.6 Å².